The number of rotatable bonds is 8. The minimum atomic E-state index is -0.287. The van der Waals surface area contributed by atoms with E-state index >= 15 is 0 Å². The Morgan fingerprint density at radius 3 is 2.35 bits per heavy atom. The first-order valence-electron chi connectivity index (χ1n) is 7.51. The van der Waals surface area contributed by atoms with Crippen LogP contribution in [0.1, 0.15) is 39.3 Å². The Bertz CT molecular complexity index is 376. The normalized spacial score (nSPS) is 15.3. The van der Waals surface area contributed by atoms with Gasteiger partial charge in [-0.2, -0.15) is 0 Å². The average molecular weight is 278 g/mol. The van der Waals surface area contributed by atoms with Crippen LogP contribution in [0.4, 0.5) is 0 Å². The lowest BCUT2D eigenvalue weighted by Crippen LogP contribution is -2.43. The van der Waals surface area contributed by atoms with E-state index in [2.05, 4.69) is 68.4 Å². The Hall–Kier alpha value is -0.900. The molecule has 2 N–H and O–H groups in total. The highest BCUT2D eigenvalue weighted by Gasteiger charge is 2.31. The summed E-state index contributed by atoms with van der Waals surface area (Å²) in [7, 11) is 2.07. The van der Waals surface area contributed by atoms with Crippen LogP contribution in [0, 0.1) is 5.41 Å². The molecule has 0 aliphatic rings. The number of nitrogens with one attached hydrogen (secondary N) is 1. The van der Waals surface area contributed by atoms with Gasteiger partial charge in [0.15, 0.2) is 0 Å². The van der Waals surface area contributed by atoms with Gasteiger partial charge in [0.1, 0.15) is 0 Å². The van der Waals surface area contributed by atoms with Crippen molar-refractivity contribution in [3.8, 4) is 0 Å². The SMILES string of the molecule is CCNC(c1ccccc1)C(C)(C)CN(C)CC(C)O. The molecule has 0 fully saturated rings. The summed E-state index contributed by atoms with van der Waals surface area (Å²) in [5.41, 5.74) is 1.41. The summed E-state index contributed by atoms with van der Waals surface area (Å²) in [5, 5.41) is 13.1. The number of likely N-dealkylation sites (N-methyl/N-ethyl adjacent to an activating group) is 1. The predicted molar refractivity (Wildman–Crippen MR) is 85.8 cm³/mol. The van der Waals surface area contributed by atoms with Crippen molar-refractivity contribution in [2.45, 2.75) is 39.8 Å². The highest BCUT2D eigenvalue weighted by atomic mass is 16.3. The van der Waals surface area contributed by atoms with Gasteiger partial charge in [-0.05, 0) is 31.5 Å². The van der Waals surface area contributed by atoms with Gasteiger partial charge in [-0.3, -0.25) is 0 Å². The van der Waals surface area contributed by atoms with Crippen LogP contribution in [0.3, 0.4) is 0 Å². The Balaban J connectivity index is 2.83. The van der Waals surface area contributed by atoms with E-state index in [4.69, 9.17) is 0 Å². The summed E-state index contributed by atoms with van der Waals surface area (Å²) in [6.07, 6.45) is -0.287. The Morgan fingerprint density at radius 2 is 1.85 bits per heavy atom. The molecule has 0 amide bonds. The zero-order chi connectivity index (χ0) is 15.2. The highest BCUT2D eigenvalue weighted by molar-refractivity contribution is 5.21. The van der Waals surface area contributed by atoms with Gasteiger partial charge in [0.2, 0.25) is 0 Å². The maximum absolute atomic E-state index is 9.52. The zero-order valence-electron chi connectivity index (χ0n) is 13.6. The fourth-order valence-corrected chi connectivity index (χ4v) is 3.00. The van der Waals surface area contributed by atoms with Crippen molar-refractivity contribution < 1.29 is 5.11 Å². The maximum Gasteiger partial charge on any atom is 0.0638 e. The number of aliphatic hydroxyl groups is 1. The van der Waals surface area contributed by atoms with E-state index in [1.54, 1.807) is 0 Å². The number of aliphatic hydroxyl groups excluding tert-OH is 1. The van der Waals surface area contributed by atoms with Crippen LogP contribution in [0.15, 0.2) is 30.3 Å². The molecule has 0 radical (unpaired) electrons. The van der Waals surface area contributed by atoms with E-state index in [1.165, 1.54) is 5.56 Å². The molecule has 0 spiro atoms. The maximum atomic E-state index is 9.52. The molecule has 1 aromatic rings. The van der Waals surface area contributed by atoms with Gasteiger partial charge in [0.05, 0.1) is 6.10 Å². The van der Waals surface area contributed by atoms with Crippen LogP contribution >= 0.6 is 0 Å². The summed E-state index contributed by atoms with van der Waals surface area (Å²) in [5.74, 6) is 0. The summed E-state index contributed by atoms with van der Waals surface area (Å²) in [6, 6.07) is 10.9. The van der Waals surface area contributed by atoms with Gasteiger partial charge in [0, 0.05) is 19.1 Å². The van der Waals surface area contributed by atoms with Gasteiger partial charge < -0.3 is 15.3 Å². The van der Waals surface area contributed by atoms with Crippen LogP contribution in [0.5, 0.6) is 0 Å². The minimum absolute atomic E-state index is 0.0843. The highest BCUT2D eigenvalue weighted by Crippen LogP contribution is 2.33. The van der Waals surface area contributed by atoms with E-state index < -0.39 is 0 Å². The molecule has 1 rings (SSSR count). The first-order chi connectivity index (χ1) is 9.36. The predicted octanol–water partition coefficient (Wildman–Crippen LogP) is 2.68. The smallest absolute Gasteiger partial charge is 0.0638 e. The molecule has 114 valence electrons. The van der Waals surface area contributed by atoms with Crippen LogP contribution in [-0.4, -0.2) is 42.8 Å². The lowest BCUT2D eigenvalue weighted by Gasteiger charge is -2.38. The third-order valence-corrected chi connectivity index (χ3v) is 3.58. The monoisotopic (exact) mass is 278 g/mol. The summed E-state index contributed by atoms with van der Waals surface area (Å²) in [6.45, 7) is 11.1. The fourth-order valence-electron chi connectivity index (χ4n) is 3.00. The quantitative estimate of drug-likeness (QED) is 0.767. The van der Waals surface area contributed by atoms with Crippen LogP contribution in [0.25, 0.3) is 0 Å². The molecule has 0 saturated heterocycles. The zero-order valence-corrected chi connectivity index (χ0v) is 13.6. The van der Waals surface area contributed by atoms with Gasteiger partial charge in [-0.1, -0.05) is 51.1 Å². The molecular formula is C17H30N2O. The van der Waals surface area contributed by atoms with E-state index in [-0.39, 0.29) is 11.5 Å². The van der Waals surface area contributed by atoms with Crippen molar-refractivity contribution in [1.82, 2.24) is 10.2 Å². The van der Waals surface area contributed by atoms with Gasteiger partial charge >= 0.3 is 0 Å². The van der Waals surface area contributed by atoms with Crippen LogP contribution in [-0.2, 0) is 0 Å². The number of hydrogen-bond acceptors (Lipinski definition) is 3. The molecule has 2 unspecified atom stereocenters. The molecule has 20 heavy (non-hydrogen) atoms. The van der Waals surface area contributed by atoms with Crippen LogP contribution in [0.2, 0.25) is 0 Å². The summed E-state index contributed by atoms with van der Waals surface area (Å²) in [4.78, 5) is 2.21. The number of benzene rings is 1. The second kappa shape index (κ2) is 7.77. The topological polar surface area (TPSA) is 35.5 Å². The second-order valence-electron chi connectivity index (χ2n) is 6.44. The lowest BCUT2D eigenvalue weighted by atomic mass is 9.79. The lowest BCUT2D eigenvalue weighted by molar-refractivity contribution is 0.100. The molecule has 3 heteroatoms. The fraction of sp³-hybridized carbons (Fsp3) is 0.647. The molecule has 1 aromatic carbocycles. The molecule has 0 heterocycles. The average Bonchev–Trinajstić information content (AvgIpc) is 2.35. The Kier molecular flexibility index (Phi) is 6.66. The number of nitrogens with zero attached hydrogens (tertiary/aromatic N) is 1. The van der Waals surface area contributed by atoms with E-state index in [1.807, 2.05) is 6.92 Å². The molecule has 3 nitrogen and oxygen atoms in total. The molecule has 0 aliphatic carbocycles. The molecule has 0 aliphatic heterocycles. The minimum Gasteiger partial charge on any atom is -0.392 e. The third-order valence-electron chi connectivity index (χ3n) is 3.58. The largest absolute Gasteiger partial charge is 0.392 e. The Morgan fingerprint density at radius 1 is 1.25 bits per heavy atom. The van der Waals surface area contributed by atoms with E-state index in [0.29, 0.717) is 12.6 Å². The van der Waals surface area contributed by atoms with E-state index in [9.17, 15) is 5.11 Å². The first-order valence-corrected chi connectivity index (χ1v) is 7.51. The molecule has 0 bridgehead atoms. The first kappa shape index (κ1) is 17.2. The van der Waals surface area contributed by atoms with E-state index in [0.717, 1.165) is 13.1 Å². The van der Waals surface area contributed by atoms with Gasteiger partial charge in [-0.25, -0.2) is 0 Å². The van der Waals surface area contributed by atoms with Crippen molar-refractivity contribution in [3.05, 3.63) is 35.9 Å². The molecule has 2 atom stereocenters. The van der Waals surface area contributed by atoms with Crippen molar-refractivity contribution in [2.24, 2.45) is 5.41 Å². The van der Waals surface area contributed by atoms with Gasteiger partial charge in [0.25, 0.3) is 0 Å². The van der Waals surface area contributed by atoms with Crippen molar-refractivity contribution in [2.75, 3.05) is 26.7 Å². The standard InChI is InChI=1S/C17H30N2O/c1-6-18-16(15-10-8-7-9-11-15)17(3,4)13-19(5)12-14(2)20/h7-11,14,16,18,20H,6,12-13H2,1-5H3. The van der Waals surface area contributed by atoms with Crippen molar-refractivity contribution >= 4 is 0 Å². The molecule has 0 saturated carbocycles. The molecular weight excluding hydrogens is 248 g/mol. The second-order valence-corrected chi connectivity index (χ2v) is 6.44. The third kappa shape index (κ3) is 5.23. The summed E-state index contributed by atoms with van der Waals surface area (Å²) < 4.78 is 0. The van der Waals surface area contributed by atoms with Gasteiger partial charge in [-0.15, -0.1) is 0 Å². The van der Waals surface area contributed by atoms with Crippen molar-refractivity contribution in [1.29, 1.82) is 0 Å². The molecule has 0 aromatic heterocycles. The van der Waals surface area contributed by atoms with Crippen LogP contribution < -0.4 is 5.32 Å². The Labute approximate surface area is 124 Å². The number of hydrogen-bond donors (Lipinski definition) is 2. The summed E-state index contributed by atoms with van der Waals surface area (Å²) >= 11 is 0. The van der Waals surface area contributed by atoms with Crippen molar-refractivity contribution in [3.63, 3.8) is 0 Å².